The summed E-state index contributed by atoms with van der Waals surface area (Å²) >= 11 is 0. The first-order valence-electron chi connectivity index (χ1n) is 9.77. The number of unbranched alkanes of at least 4 members (excludes halogenated alkanes) is 2. The average Bonchev–Trinajstić information content (AvgIpc) is 2.69. The maximum absolute atomic E-state index is 13.8. The van der Waals surface area contributed by atoms with Gasteiger partial charge < -0.3 is 19.9 Å². The van der Waals surface area contributed by atoms with E-state index in [1.807, 2.05) is 0 Å². The Morgan fingerprint density at radius 2 is 2.00 bits per heavy atom. The number of halogens is 1. The molecular weight excluding hydrogens is 395 g/mol. The number of carbonyl (C=O) groups excluding carboxylic acids is 2. The number of allylic oxidation sites excluding steroid dienone is 1. The number of hydrogen-bond acceptors (Lipinski definition) is 5. The fraction of sp³-hybridized carbons (Fsp3) is 0.476. The molecule has 1 aromatic rings. The van der Waals surface area contributed by atoms with Crippen molar-refractivity contribution >= 4 is 18.0 Å². The van der Waals surface area contributed by atoms with Crippen LogP contribution in [0.2, 0.25) is 0 Å². The maximum Gasteiger partial charge on any atom is 0.338 e. The number of nitrogens with one attached hydrogen (secondary N) is 1. The number of ether oxygens (including phenoxy) is 2. The minimum absolute atomic E-state index is 0.0467. The van der Waals surface area contributed by atoms with Crippen molar-refractivity contribution in [3.63, 3.8) is 0 Å². The number of carboxylic acids is 1. The number of esters is 1. The second-order valence-electron chi connectivity index (χ2n) is 6.92. The van der Waals surface area contributed by atoms with E-state index in [-0.39, 0.29) is 25.2 Å². The number of carboxylic acid groups (broad SMARTS) is 1. The summed E-state index contributed by atoms with van der Waals surface area (Å²) in [6.07, 6.45) is 1.78. The van der Waals surface area contributed by atoms with Gasteiger partial charge >= 0.3 is 18.0 Å². The number of rotatable bonds is 11. The molecule has 1 heterocycles. The Hall–Kier alpha value is -2.94. The molecular formula is C21H27FN2O6. The van der Waals surface area contributed by atoms with E-state index >= 15 is 0 Å². The lowest BCUT2D eigenvalue weighted by atomic mass is 9.94. The van der Waals surface area contributed by atoms with Crippen LogP contribution in [0.4, 0.5) is 9.18 Å². The number of methoxy groups -OCH3 is 1. The molecule has 1 aliphatic rings. The lowest BCUT2D eigenvalue weighted by Crippen LogP contribution is -2.48. The van der Waals surface area contributed by atoms with E-state index < -0.39 is 29.8 Å². The smallest absolute Gasteiger partial charge is 0.338 e. The minimum Gasteiger partial charge on any atom is -0.481 e. The van der Waals surface area contributed by atoms with Crippen molar-refractivity contribution in [2.24, 2.45) is 0 Å². The van der Waals surface area contributed by atoms with Gasteiger partial charge in [-0.15, -0.1) is 0 Å². The Kier molecular flexibility index (Phi) is 8.79. The molecule has 0 aliphatic carbocycles. The Morgan fingerprint density at radius 1 is 1.23 bits per heavy atom. The van der Waals surface area contributed by atoms with E-state index in [1.165, 1.54) is 30.2 Å². The molecule has 1 atom stereocenters. The molecule has 0 unspecified atom stereocenters. The molecule has 8 nitrogen and oxygen atoms in total. The summed E-state index contributed by atoms with van der Waals surface area (Å²) in [7, 11) is 1.49. The predicted molar refractivity (Wildman–Crippen MR) is 106 cm³/mol. The summed E-state index contributed by atoms with van der Waals surface area (Å²) in [4.78, 5) is 37.5. The molecule has 30 heavy (non-hydrogen) atoms. The van der Waals surface area contributed by atoms with Crippen LogP contribution in [0.3, 0.4) is 0 Å². The van der Waals surface area contributed by atoms with Gasteiger partial charge in [0, 0.05) is 25.8 Å². The van der Waals surface area contributed by atoms with Gasteiger partial charge in [0.05, 0.1) is 18.2 Å². The molecule has 0 saturated heterocycles. The summed E-state index contributed by atoms with van der Waals surface area (Å²) in [5.41, 5.74) is 1.08. The van der Waals surface area contributed by atoms with Crippen molar-refractivity contribution in [2.45, 2.75) is 38.6 Å². The largest absolute Gasteiger partial charge is 0.481 e. The number of benzene rings is 1. The first kappa shape index (κ1) is 23.3. The van der Waals surface area contributed by atoms with Crippen LogP contribution in [-0.4, -0.2) is 54.8 Å². The van der Waals surface area contributed by atoms with Crippen LogP contribution in [0.1, 0.15) is 44.2 Å². The van der Waals surface area contributed by atoms with Gasteiger partial charge in [-0.05, 0) is 37.5 Å². The molecule has 9 heteroatoms. The van der Waals surface area contributed by atoms with Crippen LogP contribution in [0.5, 0.6) is 0 Å². The summed E-state index contributed by atoms with van der Waals surface area (Å²) in [6.45, 7) is 2.24. The predicted octanol–water partition coefficient (Wildman–Crippen LogP) is 3.00. The number of hydrogen-bond donors (Lipinski definition) is 2. The highest BCUT2D eigenvalue weighted by molar-refractivity contribution is 5.95. The van der Waals surface area contributed by atoms with E-state index in [0.717, 1.165) is 0 Å². The normalized spacial score (nSPS) is 16.4. The molecule has 0 aromatic heterocycles. The molecule has 0 spiro atoms. The van der Waals surface area contributed by atoms with Crippen LogP contribution in [0, 0.1) is 5.82 Å². The van der Waals surface area contributed by atoms with E-state index in [9.17, 15) is 18.8 Å². The maximum atomic E-state index is 13.8. The second-order valence-corrected chi connectivity index (χ2v) is 6.92. The standard InChI is InChI=1S/C21H27FN2O6/c1-14-18(20(27)30-12-11-29-2)19(15-7-6-8-16(22)13-15)23-21(28)24(14)10-5-3-4-9-17(25)26/h6-8,13,19H,3-5,9-12H2,1-2H3,(H,23,28)(H,25,26)/t19-/m0/s1. The lowest BCUT2D eigenvalue weighted by Gasteiger charge is -2.35. The van der Waals surface area contributed by atoms with Crippen molar-refractivity contribution in [2.75, 3.05) is 26.9 Å². The molecule has 0 fully saturated rings. The lowest BCUT2D eigenvalue weighted by molar-refractivity contribution is -0.141. The van der Waals surface area contributed by atoms with Crippen molar-refractivity contribution < 1.29 is 33.4 Å². The van der Waals surface area contributed by atoms with E-state index in [1.54, 1.807) is 13.0 Å². The zero-order valence-corrected chi connectivity index (χ0v) is 17.2. The summed E-state index contributed by atoms with van der Waals surface area (Å²) in [6, 6.07) is 4.44. The fourth-order valence-electron chi connectivity index (χ4n) is 3.27. The number of urea groups is 1. The Morgan fingerprint density at radius 3 is 2.67 bits per heavy atom. The van der Waals surface area contributed by atoms with Crippen molar-refractivity contribution in [3.05, 3.63) is 46.9 Å². The zero-order chi connectivity index (χ0) is 22.1. The highest BCUT2D eigenvalue weighted by atomic mass is 19.1. The minimum atomic E-state index is -0.860. The Balaban J connectivity index is 2.24. The van der Waals surface area contributed by atoms with Crippen molar-refractivity contribution in [3.8, 4) is 0 Å². The highest BCUT2D eigenvalue weighted by Gasteiger charge is 2.36. The van der Waals surface area contributed by atoms with Gasteiger partial charge in [0.1, 0.15) is 12.4 Å². The number of nitrogens with zero attached hydrogens (tertiary/aromatic N) is 1. The van der Waals surface area contributed by atoms with Crippen LogP contribution in [0.15, 0.2) is 35.5 Å². The summed E-state index contributed by atoms with van der Waals surface area (Å²) in [5, 5.41) is 11.5. The van der Waals surface area contributed by atoms with Crippen molar-refractivity contribution in [1.82, 2.24) is 10.2 Å². The van der Waals surface area contributed by atoms with Gasteiger partial charge in [0.25, 0.3) is 0 Å². The van der Waals surface area contributed by atoms with Gasteiger partial charge in [0.15, 0.2) is 0 Å². The highest BCUT2D eigenvalue weighted by Crippen LogP contribution is 2.31. The van der Waals surface area contributed by atoms with Gasteiger partial charge in [-0.3, -0.25) is 9.69 Å². The Labute approximate surface area is 174 Å². The van der Waals surface area contributed by atoms with E-state index in [0.29, 0.717) is 37.1 Å². The van der Waals surface area contributed by atoms with Crippen LogP contribution < -0.4 is 5.32 Å². The summed E-state index contributed by atoms with van der Waals surface area (Å²) in [5.74, 6) is -1.96. The topological polar surface area (TPSA) is 105 Å². The molecule has 2 amide bonds. The molecule has 1 aromatic carbocycles. The molecule has 2 rings (SSSR count). The third-order valence-electron chi connectivity index (χ3n) is 4.79. The van der Waals surface area contributed by atoms with E-state index in [4.69, 9.17) is 14.6 Å². The summed E-state index contributed by atoms with van der Waals surface area (Å²) < 4.78 is 23.9. The SMILES string of the molecule is COCCOC(=O)C1=C(C)N(CCCCCC(=O)O)C(=O)N[C@H]1c1cccc(F)c1. The second kappa shape index (κ2) is 11.3. The zero-order valence-electron chi connectivity index (χ0n) is 17.2. The Bertz CT molecular complexity index is 810. The van der Waals surface area contributed by atoms with E-state index in [2.05, 4.69) is 5.32 Å². The van der Waals surface area contributed by atoms with Crippen LogP contribution in [-0.2, 0) is 19.1 Å². The quantitative estimate of drug-likeness (QED) is 0.420. The number of aliphatic carboxylic acids is 1. The average molecular weight is 422 g/mol. The molecule has 164 valence electrons. The molecule has 0 radical (unpaired) electrons. The van der Waals surface area contributed by atoms with Gasteiger partial charge in [-0.25, -0.2) is 14.0 Å². The van der Waals surface area contributed by atoms with Crippen LogP contribution in [0.25, 0.3) is 0 Å². The van der Waals surface area contributed by atoms with Crippen LogP contribution >= 0.6 is 0 Å². The van der Waals surface area contributed by atoms with Gasteiger partial charge in [-0.1, -0.05) is 18.6 Å². The third kappa shape index (κ3) is 6.28. The van der Waals surface area contributed by atoms with Crippen molar-refractivity contribution in [1.29, 1.82) is 0 Å². The monoisotopic (exact) mass is 422 g/mol. The molecule has 0 bridgehead atoms. The molecule has 1 aliphatic heterocycles. The van der Waals surface area contributed by atoms with Gasteiger partial charge in [-0.2, -0.15) is 0 Å². The van der Waals surface area contributed by atoms with Gasteiger partial charge in [0.2, 0.25) is 0 Å². The third-order valence-corrected chi connectivity index (χ3v) is 4.79. The molecule has 2 N–H and O–H groups in total. The first-order valence-corrected chi connectivity index (χ1v) is 9.77. The molecule has 0 saturated carbocycles. The number of carbonyl (C=O) groups is 3. The fourth-order valence-corrected chi connectivity index (χ4v) is 3.27. The first-order chi connectivity index (χ1) is 14.3. The number of amides is 2.